The van der Waals surface area contributed by atoms with Crippen LogP contribution in [0.4, 0.5) is 13.2 Å². The molecule has 0 aliphatic carbocycles. The molecule has 1 rings (SSSR count). The van der Waals surface area contributed by atoms with Crippen LogP contribution >= 0.6 is 0 Å². The van der Waals surface area contributed by atoms with E-state index in [1.807, 2.05) is 0 Å². The first kappa shape index (κ1) is 11.7. The molecule has 0 saturated carbocycles. The van der Waals surface area contributed by atoms with Gasteiger partial charge in [0.2, 0.25) is 0 Å². The molecule has 0 aliphatic rings. The van der Waals surface area contributed by atoms with E-state index in [1.54, 1.807) is 6.92 Å². The van der Waals surface area contributed by atoms with Gasteiger partial charge in [-0.2, -0.15) is 18.3 Å². The summed E-state index contributed by atoms with van der Waals surface area (Å²) >= 11 is 0. The average Bonchev–Trinajstić information content (AvgIpc) is 2.61. The first-order chi connectivity index (χ1) is 6.92. The minimum atomic E-state index is -4.19. The number of halogens is 3. The van der Waals surface area contributed by atoms with Gasteiger partial charge in [-0.15, -0.1) is 0 Å². The fourth-order valence-electron chi connectivity index (χ4n) is 1.06. The van der Waals surface area contributed by atoms with Gasteiger partial charge in [0, 0.05) is 19.2 Å². The molecule has 0 unspecified atom stereocenters. The molecule has 1 aromatic rings. The van der Waals surface area contributed by atoms with E-state index >= 15 is 0 Å². The molecule has 6 heteroatoms. The van der Waals surface area contributed by atoms with Gasteiger partial charge in [-0.3, -0.25) is 9.48 Å². The van der Waals surface area contributed by atoms with E-state index in [4.69, 9.17) is 0 Å². The lowest BCUT2D eigenvalue weighted by molar-refractivity contribution is -0.137. The summed E-state index contributed by atoms with van der Waals surface area (Å²) in [7, 11) is 0. The molecule has 0 N–H and O–H groups in total. The third-order valence-electron chi connectivity index (χ3n) is 1.87. The van der Waals surface area contributed by atoms with Crippen molar-refractivity contribution in [2.45, 2.75) is 32.5 Å². The van der Waals surface area contributed by atoms with Crippen LogP contribution < -0.4 is 0 Å². The Bertz CT molecular complexity index is 343. The van der Waals surface area contributed by atoms with E-state index in [9.17, 15) is 18.0 Å². The van der Waals surface area contributed by atoms with Crippen molar-refractivity contribution in [3.63, 3.8) is 0 Å². The zero-order chi connectivity index (χ0) is 11.5. The molecule has 0 atom stereocenters. The van der Waals surface area contributed by atoms with Gasteiger partial charge >= 0.3 is 6.18 Å². The van der Waals surface area contributed by atoms with Crippen LogP contribution in [0.1, 0.15) is 30.3 Å². The number of Topliss-reactive ketones (excluding diaryl/α,β-unsaturated/α-hetero) is 1. The van der Waals surface area contributed by atoms with Gasteiger partial charge in [-0.05, 0) is 6.07 Å². The molecule has 0 aliphatic heterocycles. The molecule has 0 amide bonds. The number of hydrogen-bond donors (Lipinski definition) is 0. The van der Waals surface area contributed by atoms with Gasteiger partial charge in [0.15, 0.2) is 5.78 Å². The Balaban J connectivity index is 2.57. The quantitative estimate of drug-likeness (QED) is 0.730. The van der Waals surface area contributed by atoms with E-state index in [-0.39, 0.29) is 18.0 Å². The topological polar surface area (TPSA) is 34.9 Å². The van der Waals surface area contributed by atoms with Crippen molar-refractivity contribution in [3.05, 3.63) is 18.0 Å². The zero-order valence-electron chi connectivity index (χ0n) is 8.21. The number of hydrogen-bond acceptors (Lipinski definition) is 2. The first-order valence-corrected chi connectivity index (χ1v) is 4.56. The second-order valence-electron chi connectivity index (χ2n) is 3.11. The monoisotopic (exact) mass is 220 g/mol. The molecule has 0 aromatic carbocycles. The van der Waals surface area contributed by atoms with Gasteiger partial charge in [-0.1, -0.05) is 6.92 Å². The van der Waals surface area contributed by atoms with E-state index in [0.29, 0.717) is 6.42 Å². The summed E-state index contributed by atoms with van der Waals surface area (Å²) in [4.78, 5) is 11.1. The minimum Gasteiger partial charge on any atom is -0.292 e. The number of nitrogens with zero attached hydrogens (tertiary/aromatic N) is 2. The van der Waals surface area contributed by atoms with E-state index in [2.05, 4.69) is 5.10 Å². The molecule has 1 heterocycles. The number of ketones is 1. The Morgan fingerprint density at radius 1 is 1.53 bits per heavy atom. The summed E-state index contributed by atoms with van der Waals surface area (Å²) < 4.78 is 36.7. The summed E-state index contributed by atoms with van der Waals surface area (Å²) in [5.41, 5.74) is 0.222. The highest BCUT2D eigenvalue weighted by atomic mass is 19.4. The van der Waals surface area contributed by atoms with Crippen LogP contribution in [0.2, 0.25) is 0 Å². The summed E-state index contributed by atoms with van der Waals surface area (Å²) in [5.74, 6) is -0.166. The van der Waals surface area contributed by atoms with E-state index < -0.39 is 12.6 Å². The van der Waals surface area contributed by atoms with Crippen molar-refractivity contribution in [1.82, 2.24) is 9.78 Å². The fourth-order valence-corrected chi connectivity index (χ4v) is 1.06. The maximum atomic E-state index is 11.9. The smallest absolute Gasteiger partial charge is 0.292 e. The highest BCUT2D eigenvalue weighted by molar-refractivity contribution is 5.93. The molecule has 0 saturated heterocycles. The Morgan fingerprint density at radius 3 is 2.73 bits per heavy atom. The second kappa shape index (κ2) is 4.46. The van der Waals surface area contributed by atoms with Crippen LogP contribution in [-0.2, 0) is 6.54 Å². The number of carbonyl (C=O) groups excluding carboxylic acids is 1. The maximum absolute atomic E-state index is 11.9. The highest BCUT2D eigenvalue weighted by Crippen LogP contribution is 2.20. The second-order valence-corrected chi connectivity index (χ2v) is 3.11. The molecule has 3 nitrogen and oxygen atoms in total. The molecule has 1 aromatic heterocycles. The summed E-state index contributed by atoms with van der Waals surface area (Å²) in [6.07, 6.45) is -3.44. The lowest BCUT2D eigenvalue weighted by atomic mass is 10.2. The van der Waals surface area contributed by atoms with Crippen LogP contribution in [0.5, 0.6) is 0 Å². The number of rotatable bonds is 4. The lowest BCUT2D eigenvalue weighted by Crippen LogP contribution is -2.13. The minimum absolute atomic E-state index is 0.166. The van der Waals surface area contributed by atoms with Gasteiger partial charge < -0.3 is 0 Å². The van der Waals surface area contributed by atoms with Crippen molar-refractivity contribution in [2.24, 2.45) is 0 Å². The largest absolute Gasteiger partial charge is 0.390 e. The summed E-state index contributed by atoms with van der Waals surface area (Å²) in [6.45, 7) is 1.43. The molecule has 0 bridgehead atoms. The molecular weight excluding hydrogens is 209 g/mol. The number of carbonyl (C=O) groups is 1. The van der Waals surface area contributed by atoms with Crippen molar-refractivity contribution in [3.8, 4) is 0 Å². The molecule has 0 radical (unpaired) electrons. The van der Waals surface area contributed by atoms with Crippen molar-refractivity contribution < 1.29 is 18.0 Å². The van der Waals surface area contributed by atoms with E-state index in [1.165, 1.54) is 12.3 Å². The van der Waals surface area contributed by atoms with Crippen molar-refractivity contribution in [2.75, 3.05) is 0 Å². The van der Waals surface area contributed by atoms with Crippen molar-refractivity contribution in [1.29, 1.82) is 0 Å². The fraction of sp³-hybridized carbons (Fsp3) is 0.556. The van der Waals surface area contributed by atoms with Gasteiger partial charge in [-0.25, -0.2) is 0 Å². The third kappa shape index (κ3) is 3.73. The Labute approximate surface area is 84.9 Å². The molecule has 0 fully saturated rings. The SMILES string of the molecule is CCC(=O)c1ccn(CCC(F)(F)F)n1. The number of aromatic nitrogens is 2. The van der Waals surface area contributed by atoms with Crippen LogP contribution in [0.15, 0.2) is 12.3 Å². The summed E-state index contributed by atoms with van der Waals surface area (Å²) in [6, 6.07) is 1.43. The zero-order valence-corrected chi connectivity index (χ0v) is 8.21. The van der Waals surface area contributed by atoms with Gasteiger partial charge in [0.25, 0.3) is 0 Å². The Morgan fingerprint density at radius 2 is 2.20 bits per heavy atom. The number of alkyl halides is 3. The molecule has 0 spiro atoms. The van der Waals surface area contributed by atoms with Crippen LogP contribution in [-0.4, -0.2) is 21.7 Å². The molecule has 15 heavy (non-hydrogen) atoms. The normalized spacial score (nSPS) is 11.7. The Hall–Kier alpha value is -1.33. The Kier molecular flexibility index (Phi) is 3.49. The van der Waals surface area contributed by atoms with Crippen LogP contribution in [0.3, 0.4) is 0 Å². The predicted octanol–water partition coefficient (Wildman–Crippen LogP) is 2.43. The first-order valence-electron chi connectivity index (χ1n) is 4.56. The van der Waals surface area contributed by atoms with E-state index in [0.717, 1.165) is 4.68 Å². The highest BCUT2D eigenvalue weighted by Gasteiger charge is 2.26. The molecular formula is C9H11F3N2O. The standard InChI is InChI=1S/C9H11F3N2O/c1-2-8(15)7-3-5-14(13-7)6-4-9(10,11)12/h3,5H,2,4,6H2,1H3. The van der Waals surface area contributed by atoms with Crippen LogP contribution in [0, 0.1) is 0 Å². The average molecular weight is 220 g/mol. The van der Waals surface area contributed by atoms with Gasteiger partial charge in [0.05, 0.1) is 6.42 Å². The lowest BCUT2D eigenvalue weighted by Gasteiger charge is -2.05. The third-order valence-corrected chi connectivity index (χ3v) is 1.87. The maximum Gasteiger partial charge on any atom is 0.390 e. The van der Waals surface area contributed by atoms with Gasteiger partial charge in [0.1, 0.15) is 5.69 Å². The number of aryl methyl sites for hydroxylation is 1. The van der Waals surface area contributed by atoms with Crippen molar-refractivity contribution >= 4 is 5.78 Å². The summed E-state index contributed by atoms with van der Waals surface area (Å²) in [5, 5.41) is 3.75. The predicted molar refractivity (Wildman–Crippen MR) is 47.5 cm³/mol. The van der Waals surface area contributed by atoms with Crippen LogP contribution in [0.25, 0.3) is 0 Å². The molecule has 84 valence electrons.